The van der Waals surface area contributed by atoms with Gasteiger partial charge in [-0.3, -0.25) is 0 Å². The average Bonchev–Trinajstić information content (AvgIpc) is 2.96. The fourth-order valence-corrected chi connectivity index (χ4v) is 3.40. The third kappa shape index (κ3) is 3.44. The van der Waals surface area contributed by atoms with Gasteiger partial charge in [-0.2, -0.15) is 4.98 Å². The van der Waals surface area contributed by atoms with Crippen LogP contribution in [0.5, 0.6) is 0 Å². The van der Waals surface area contributed by atoms with Gasteiger partial charge in [0, 0.05) is 4.90 Å². The summed E-state index contributed by atoms with van der Waals surface area (Å²) < 4.78 is 18.5. The molecule has 2 aromatic rings. The summed E-state index contributed by atoms with van der Waals surface area (Å²) in [6, 6.07) is 6.48. The predicted octanol–water partition coefficient (Wildman–Crippen LogP) is 3.62. The zero-order chi connectivity index (χ0) is 14.7. The number of aromatic nitrogens is 2. The van der Waals surface area contributed by atoms with Gasteiger partial charge in [0.2, 0.25) is 5.89 Å². The van der Waals surface area contributed by atoms with Crippen LogP contribution in [0.1, 0.15) is 43.8 Å². The van der Waals surface area contributed by atoms with E-state index in [2.05, 4.69) is 10.1 Å². The molecule has 112 valence electrons. The maximum atomic E-state index is 13.1. The van der Waals surface area contributed by atoms with Gasteiger partial charge in [0.25, 0.3) is 0 Å². The molecule has 0 radical (unpaired) electrons. The Morgan fingerprint density at radius 2 is 2.10 bits per heavy atom. The van der Waals surface area contributed by atoms with Crippen LogP contribution in [-0.2, 0) is 11.3 Å². The van der Waals surface area contributed by atoms with E-state index in [9.17, 15) is 4.39 Å². The minimum absolute atomic E-state index is 0.239. The van der Waals surface area contributed by atoms with E-state index in [1.165, 1.54) is 30.3 Å². The lowest BCUT2D eigenvalue weighted by Crippen LogP contribution is -2.38. The van der Waals surface area contributed by atoms with Crippen LogP contribution in [0.4, 0.5) is 4.39 Å². The molecular weight excluding hydrogens is 289 g/mol. The second-order valence-electron chi connectivity index (χ2n) is 5.48. The molecule has 21 heavy (non-hydrogen) atoms. The third-order valence-corrected chi connectivity index (χ3v) is 4.79. The van der Waals surface area contributed by atoms with Gasteiger partial charge in [0.15, 0.2) is 5.82 Å². The molecule has 1 fully saturated rings. The van der Waals surface area contributed by atoms with Gasteiger partial charge in [0.1, 0.15) is 5.82 Å². The molecule has 1 aromatic carbocycles. The molecule has 0 atom stereocenters. The van der Waals surface area contributed by atoms with E-state index >= 15 is 0 Å². The van der Waals surface area contributed by atoms with Crippen LogP contribution >= 0.6 is 11.8 Å². The van der Waals surface area contributed by atoms with Crippen molar-refractivity contribution < 1.29 is 8.91 Å². The Balaban J connectivity index is 1.65. The Hall–Kier alpha value is -1.40. The Bertz CT molecular complexity index is 610. The topological polar surface area (TPSA) is 64.9 Å². The highest BCUT2D eigenvalue weighted by Gasteiger charge is 2.35. The van der Waals surface area contributed by atoms with E-state index in [0.717, 1.165) is 30.6 Å². The number of thioether (sulfide) groups is 1. The van der Waals surface area contributed by atoms with Crippen LogP contribution in [0.25, 0.3) is 0 Å². The minimum Gasteiger partial charge on any atom is -0.337 e. The molecule has 1 aliphatic carbocycles. The van der Waals surface area contributed by atoms with Crippen LogP contribution in [0.15, 0.2) is 33.7 Å². The van der Waals surface area contributed by atoms with Gasteiger partial charge in [-0.25, -0.2) is 4.39 Å². The number of benzene rings is 1. The lowest BCUT2D eigenvalue weighted by atomic mass is 9.82. The van der Waals surface area contributed by atoms with Crippen molar-refractivity contribution in [2.45, 2.75) is 48.3 Å². The van der Waals surface area contributed by atoms with Gasteiger partial charge in [-0.1, -0.05) is 30.5 Å². The first-order chi connectivity index (χ1) is 10.2. The van der Waals surface area contributed by atoms with Crippen LogP contribution in [0.2, 0.25) is 0 Å². The molecule has 0 amide bonds. The zero-order valence-corrected chi connectivity index (χ0v) is 12.5. The monoisotopic (exact) mass is 307 g/mol. The number of hydrogen-bond acceptors (Lipinski definition) is 5. The minimum atomic E-state index is -0.465. The Morgan fingerprint density at radius 3 is 2.86 bits per heavy atom. The highest BCUT2D eigenvalue weighted by molar-refractivity contribution is 7.98. The third-order valence-electron chi connectivity index (χ3n) is 3.80. The molecule has 1 heterocycles. The normalized spacial score (nSPS) is 17.8. The van der Waals surface area contributed by atoms with Crippen LogP contribution < -0.4 is 5.73 Å². The number of nitrogens with two attached hydrogens (primary N) is 1. The summed E-state index contributed by atoms with van der Waals surface area (Å²) in [5.74, 6) is 1.45. The van der Waals surface area contributed by atoms with Gasteiger partial charge < -0.3 is 10.3 Å². The van der Waals surface area contributed by atoms with Crippen molar-refractivity contribution in [2.24, 2.45) is 5.73 Å². The van der Waals surface area contributed by atoms with Crippen molar-refractivity contribution in [3.63, 3.8) is 0 Å². The van der Waals surface area contributed by atoms with Crippen molar-refractivity contribution in [1.29, 1.82) is 0 Å². The summed E-state index contributed by atoms with van der Waals surface area (Å²) in [4.78, 5) is 5.27. The van der Waals surface area contributed by atoms with Crippen molar-refractivity contribution >= 4 is 11.8 Å². The van der Waals surface area contributed by atoms with E-state index in [4.69, 9.17) is 10.3 Å². The van der Waals surface area contributed by atoms with E-state index < -0.39 is 5.54 Å². The molecule has 1 saturated carbocycles. The lowest BCUT2D eigenvalue weighted by Gasteiger charge is -2.29. The first-order valence-corrected chi connectivity index (χ1v) is 8.15. The zero-order valence-electron chi connectivity index (χ0n) is 11.7. The van der Waals surface area contributed by atoms with Crippen LogP contribution in [0.3, 0.4) is 0 Å². The summed E-state index contributed by atoms with van der Waals surface area (Å²) in [6.45, 7) is 0. The molecule has 0 bridgehead atoms. The first-order valence-electron chi connectivity index (χ1n) is 7.16. The van der Waals surface area contributed by atoms with Gasteiger partial charge in [-0.15, -0.1) is 11.8 Å². The fraction of sp³-hybridized carbons (Fsp3) is 0.467. The number of hydrogen-bond donors (Lipinski definition) is 1. The molecule has 1 aromatic heterocycles. The van der Waals surface area contributed by atoms with E-state index in [-0.39, 0.29) is 5.82 Å². The van der Waals surface area contributed by atoms with Crippen molar-refractivity contribution in [1.82, 2.24) is 10.1 Å². The predicted molar refractivity (Wildman–Crippen MR) is 79.2 cm³/mol. The molecule has 2 N–H and O–H groups in total. The van der Waals surface area contributed by atoms with Gasteiger partial charge in [-0.05, 0) is 31.0 Å². The second-order valence-corrected chi connectivity index (χ2v) is 6.53. The Morgan fingerprint density at radius 1 is 1.29 bits per heavy atom. The Kier molecular flexibility index (Phi) is 4.26. The maximum absolute atomic E-state index is 13.1. The summed E-state index contributed by atoms with van der Waals surface area (Å²) in [5.41, 5.74) is 5.90. The lowest BCUT2D eigenvalue weighted by molar-refractivity contribution is 0.219. The van der Waals surface area contributed by atoms with Crippen LogP contribution in [-0.4, -0.2) is 10.1 Å². The molecule has 3 rings (SSSR count). The number of nitrogens with zero attached hydrogens (tertiary/aromatic N) is 2. The first kappa shape index (κ1) is 14.5. The molecule has 1 aliphatic rings. The summed E-state index contributed by atoms with van der Waals surface area (Å²) in [6.07, 6.45) is 5.21. The second kappa shape index (κ2) is 6.15. The van der Waals surface area contributed by atoms with Gasteiger partial charge >= 0.3 is 0 Å². The van der Waals surface area contributed by atoms with E-state index in [1.54, 1.807) is 6.07 Å². The molecule has 6 heteroatoms. The quantitative estimate of drug-likeness (QED) is 0.874. The van der Waals surface area contributed by atoms with Crippen molar-refractivity contribution in [3.8, 4) is 0 Å². The average molecular weight is 307 g/mol. The van der Waals surface area contributed by atoms with Crippen molar-refractivity contribution in [3.05, 3.63) is 41.8 Å². The standard InChI is InChI=1S/C15H18FN3OS/c16-11-5-4-6-12(9-11)21-10-13-18-14(20-19-13)15(17)7-2-1-3-8-15/h4-6,9H,1-3,7-8,10,17H2. The molecule has 0 saturated heterocycles. The summed E-state index contributed by atoms with van der Waals surface area (Å²) >= 11 is 1.48. The highest BCUT2D eigenvalue weighted by atomic mass is 32.2. The number of halogens is 1. The molecule has 4 nitrogen and oxygen atoms in total. The molecule has 0 aliphatic heterocycles. The molecule has 0 spiro atoms. The largest absolute Gasteiger partial charge is 0.337 e. The van der Waals surface area contributed by atoms with E-state index in [0.29, 0.717) is 17.5 Å². The highest BCUT2D eigenvalue weighted by Crippen LogP contribution is 2.34. The molecule has 0 unspecified atom stereocenters. The van der Waals surface area contributed by atoms with Gasteiger partial charge in [0.05, 0.1) is 11.3 Å². The fourth-order valence-electron chi connectivity index (χ4n) is 2.62. The Labute approximate surface area is 127 Å². The molecular formula is C15H18FN3OS. The maximum Gasteiger partial charge on any atom is 0.246 e. The summed E-state index contributed by atoms with van der Waals surface area (Å²) in [7, 11) is 0. The number of rotatable bonds is 4. The SMILES string of the molecule is NC1(c2nc(CSc3cccc(F)c3)no2)CCCCC1. The van der Waals surface area contributed by atoms with Crippen molar-refractivity contribution in [2.75, 3.05) is 0 Å². The summed E-state index contributed by atoms with van der Waals surface area (Å²) in [5, 5.41) is 3.99. The smallest absolute Gasteiger partial charge is 0.246 e. The van der Waals surface area contributed by atoms with E-state index in [1.807, 2.05) is 6.07 Å². The van der Waals surface area contributed by atoms with Crippen LogP contribution in [0, 0.1) is 5.82 Å².